The van der Waals surface area contributed by atoms with Crippen LogP contribution in [0.2, 0.25) is 0 Å². The Morgan fingerprint density at radius 2 is 1.65 bits per heavy atom. The van der Waals surface area contributed by atoms with Gasteiger partial charge in [-0.3, -0.25) is 0 Å². The van der Waals surface area contributed by atoms with Gasteiger partial charge in [-0.05, 0) is 11.6 Å². The molecule has 2 aromatic carbocycles. The molecule has 2 aromatic rings. The Bertz CT molecular complexity index is 546. The summed E-state index contributed by atoms with van der Waals surface area (Å²) in [5.74, 6) is 0. The third kappa shape index (κ3) is 1.72. The predicted octanol–water partition coefficient (Wildman–Crippen LogP) is 3.38. The van der Waals surface area contributed by atoms with Crippen LogP contribution in [-0.2, 0) is 0 Å². The van der Waals surface area contributed by atoms with Gasteiger partial charge in [0.25, 0.3) is 0 Å². The van der Waals surface area contributed by atoms with Crippen LogP contribution in [0.5, 0.6) is 0 Å². The van der Waals surface area contributed by atoms with Crippen LogP contribution in [0.4, 0.5) is 5.69 Å². The SMILES string of the molecule is CN1C=Nc2ccccc2C1c1ccccc1. The van der Waals surface area contributed by atoms with E-state index in [0.717, 1.165) is 5.69 Å². The van der Waals surface area contributed by atoms with Crippen molar-refractivity contribution in [2.45, 2.75) is 6.04 Å². The molecule has 84 valence electrons. The molecule has 0 aromatic heterocycles. The molecule has 0 fully saturated rings. The zero-order chi connectivity index (χ0) is 11.7. The van der Waals surface area contributed by atoms with Gasteiger partial charge in [-0.2, -0.15) is 0 Å². The summed E-state index contributed by atoms with van der Waals surface area (Å²) in [6.07, 6.45) is 1.90. The Balaban J connectivity index is 2.13. The first-order chi connectivity index (χ1) is 8.36. The largest absolute Gasteiger partial charge is 0.354 e. The molecule has 0 saturated heterocycles. The van der Waals surface area contributed by atoms with Gasteiger partial charge < -0.3 is 4.90 Å². The Morgan fingerprint density at radius 1 is 0.941 bits per heavy atom. The maximum Gasteiger partial charge on any atom is 0.0917 e. The van der Waals surface area contributed by atoms with Crippen molar-refractivity contribution >= 4 is 12.0 Å². The maximum absolute atomic E-state index is 4.45. The van der Waals surface area contributed by atoms with Crippen LogP contribution >= 0.6 is 0 Å². The Kier molecular flexibility index (Phi) is 2.41. The van der Waals surface area contributed by atoms with Crippen LogP contribution in [0, 0.1) is 0 Å². The lowest BCUT2D eigenvalue weighted by atomic mass is 9.95. The van der Waals surface area contributed by atoms with E-state index in [0.29, 0.717) is 0 Å². The second kappa shape index (κ2) is 4.06. The lowest BCUT2D eigenvalue weighted by Gasteiger charge is -2.31. The first-order valence-electron chi connectivity index (χ1n) is 5.76. The summed E-state index contributed by atoms with van der Waals surface area (Å²) in [6, 6.07) is 19.1. The topological polar surface area (TPSA) is 15.6 Å². The van der Waals surface area contributed by atoms with Crippen LogP contribution in [0.1, 0.15) is 17.2 Å². The van der Waals surface area contributed by atoms with Gasteiger partial charge in [0.05, 0.1) is 18.1 Å². The molecule has 1 aliphatic rings. The van der Waals surface area contributed by atoms with Crippen LogP contribution in [0.15, 0.2) is 59.6 Å². The summed E-state index contributed by atoms with van der Waals surface area (Å²) in [7, 11) is 2.07. The molecule has 0 N–H and O–H groups in total. The first kappa shape index (κ1) is 10.1. The van der Waals surface area contributed by atoms with Gasteiger partial charge in [0, 0.05) is 12.6 Å². The molecule has 1 aliphatic heterocycles. The van der Waals surface area contributed by atoms with Crippen molar-refractivity contribution in [3.05, 3.63) is 65.7 Å². The third-order valence-corrected chi connectivity index (χ3v) is 3.13. The minimum Gasteiger partial charge on any atom is -0.354 e. The van der Waals surface area contributed by atoms with Crippen molar-refractivity contribution in [2.75, 3.05) is 7.05 Å². The normalized spacial score (nSPS) is 17.9. The van der Waals surface area contributed by atoms with Gasteiger partial charge in [0.1, 0.15) is 0 Å². The summed E-state index contributed by atoms with van der Waals surface area (Å²) >= 11 is 0. The number of hydrogen-bond acceptors (Lipinski definition) is 2. The number of aliphatic imine (C=N–C) groups is 1. The fourth-order valence-electron chi connectivity index (χ4n) is 2.33. The minimum atomic E-state index is 0.268. The number of para-hydroxylation sites is 1. The van der Waals surface area contributed by atoms with E-state index in [4.69, 9.17) is 0 Å². The summed E-state index contributed by atoms with van der Waals surface area (Å²) in [6.45, 7) is 0. The van der Waals surface area contributed by atoms with E-state index in [-0.39, 0.29) is 6.04 Å². The van der Waals surface area contributed by atoms with Crippen LogP contribution < -0.4 is 0 Å². The molecular formula is C15H14N2. The van der Waals surface area contributed by atoms with E-state index in [1.54, 1.807) is 0 Å². The van der Waals surface area contributed by atoms with E-state index < -0.39 is 0 Å². The van der Waals surface area contributed by atoms with Gasteiger partial charge in [-0.15, -0.1) is 0 Å². The highest BCUT2D eigenvalue weighted by Gasteiger charge is 2.22. The molecule has 1 heterocycles. The third-order valence-electron chi connectivity index (χ3n) is 3.13. The maximum atomic E-state index is 4.45. The summed E-state index contributed by atoms with van der Waals surface area (Å²) < 4.78 is 0. The highest BCUT2D eigenvalue weighted by Crippen LogP contribution is 2.35. The highest BCUT2D eigenvalue weighted by atomic mass is 15.2. The van der Waals surface area contributed by atoms with Crippen LogP contribution in [0.25, 0.3) is 0 Å². The number of rotatable bonds is 1. The van der Waals surface area contributed by atoms with E-state index in [9.17, 15) is 0 Å². The number of benzene rings is 2. The molecule has 1 atom stereocenters. The van der Waals surface area contributed by atoms with Crippen molar-refractivity contribution in [3.63, 3.8) is 0 Å². The molecule has 3 rings (SSSR count). The number of nitrogens with zero attached hydrogens (tertiary/aromatic N) is 2. The highest BCUT2D eigenvalue weighted by molar-refractivity contribution is 5.69. The smallest absolute Gasteiger partial charge is 0.0917 e. The zero-order valence-electron chi connectivity index (χ0n) is 9.75. The Hall–Kier alpha value is -2.09. The molecular weight excluding hydrogens is 208 g/mol. The molecule has 0 bridgehead atoms. The summed E-state index contributed by atoms with van der Waals surface area (Å²) in [5, 5.41) is 0. The lowest BCUT2D eigenvalue weighted by molar-refractivity contribution is 0.434. The fraction of sp³-hybridized carbons (Fsp3) is 0.133. The Morgan fingerprint density at radius 3 is 2.47 bits per heavy atom. The standard InChI is InChI=1S/C15H14N2/c1-17-11-16-14-10-6-5-9-13(14)15(17)12-7-3-2-4-8-12/h2-11,15H,1H3. The monoisotopic (exact) mass is 222 g/mol. The van der Waals surface area contributed by atoms with Gasteiger partial charge in [-0.1, -0.05) is 48.5 Å². The van der Waals surface area contributed by atoms with Crippen LogP contribution in [0.3, 0.4) is 0 Å². The first-order valence-corrected chi connectivity index (χ1v) is 5.76. The second-order valence-electron chi connectivity index (χ2n) is 4.28. The molecule has 0 aliphatic carbocycles. The van der Waals surface area contributed by atoms with Gasteiger partial charge in [0.2, 0.25) is 0 Å². The summed E-state index contributed by atoms with van der Waals surface area (Å²) in [5.41, 5.74) is 3.64. The van der Waals surface area contributed by atoms with Crippen molar-refractivity contribution in [2.24, 2.45) is 4.99 Å². The van der Waals surface area contributed by atoms with Crippen LogP contribution in [-0.4, -0.2) is 18.3 Å². The second-order valence-corrected chi connectivity index (χ2v) is 4.28. The number of fused-ring (bicyclic) bond motifs is 1. The molecule has 1 unspecified atom stereocenters. The van der Waals surface area contributed by atoms with Crippen molar-refractivity contribution in [1.82, 2.24) is 4.90 Å². The zero-order valence-corrected chi connectivity index (χ0v) is 9.75. The average molecular weight is 222 g/mol. The van der Waals surface area contributed by atoms with Crippen molar-refractivity contribution in [1.29, 1.82) is 0 Å². The number of hydrogen-bond donors (Lipinski definition) is 0. The lowest BCUT2D eigenvalue weighted by Crippen LogP contribution is -2.26. The molecule has 2 heteroatoms. The van der Waals surface area contributed by atoms with Crippen molar-refractivity contribution in [3.8, 4) is 0 Å². The van der Waals surface area contributed by atoms with Gasteiger partial charge >= 0.3 is 0 Å². The minimum absolute atomic E-state index is 0.268. The van der Waals surface area contributed by atoms with E-state index in [1.807, 2.05) is 18.5 Å². The molecule has 2 nitrogen and oxygen atoms in total. The molecule has 17 heavy (non-hydrogen) atoms. The van der Waals surface area contributed by atoms with Gasteiger partial charge in [-0.25, -0.2) is 4.99 Å². The Labute approximate surface area is 101 Å². The van der Waals surface area contributed by atoms with E-state index in [2.05, 4.69) is 59.4 Å². The molecule has 0 spiro atoms. The van der Waals surface area contributed by atoms with Gasteiger partial charge in [0.15, 0.2) is 0 Å². The predicted molar refractivity (Wildman–Crippen MR) is 70.6 cm³/mol. The molecule has 0 radical (unpaired) electrons. The van der Waals surface area contributed by atoms with E-state index in [1.165, 1.54) is 11.1 Å². The van der Waals surface area contributed by atoms with Crippen molar-refractivity contribution < 1.29 is 0 Å². The summed E-state index contributed by atoms with van der Waals surface area (Å²) in [4.78, 5) is 6.60. The average Bonchev–Trinajstić information content (AvgIpc) is 2.39. The quantitative estimate of drug-likeness (QED) is 0.722. The fourth-order valence-corrected chi connectivity index (χ4v) is 2.33. The van der Waals surface area contributed by atoms with E-state index >= 15 is 0 Å². The molecule has 0 amide bonds. The molecule has 0 saturated carbocycles.